The van der Waals surface area contributed by atoms with Crippen LogP contribution in [0.25, 0.3) is 0 Å². The lowest BCUT2D eigenvalue weighted by molar-refractivity contribution is -0.140. The van der Waals surface area contributed by atoms with Crippen LogP contribution in [-0.2, 0) is 9.53 Å². The molecule has 0 aliphatic rings. The zero-order valence-corrected chi connectivity index (χ0v) is 10.5. The Kier molecular flexibility index (Phi) is 5.70. The van der Waals surface area contributed by atoms with E-state index in [1.54, 1.807) is 18.2 Å². The first-order chi connectivity index (χ1) is 8.71. The van der Waals surface area contributed by atoms with Gasteiger partial charge < -0.3 is 14.2 Å². The molecule has 0 fully saturated rings. The van der Waals surface area contributed by atoms with E-state index in [2.05, 4.69) is 4.74 Å². The van der Waals surface area contributed by atoms with E-state index in [0.29, 0.717) is 42.8 Å². The fourth-order valence-electron chi connectivity index (χ4n) is 1.38. The molecule has 0 heterocycles. The van der Waals surface area contributed by atoms with Gasteiger partial charge in [0.2, 0.25) is 0 Å². The first kappa shape index (κ1) is 14.0. The highest BCUT2D eigenvalue weighted by atomic mass is 16.5. The molecule has 0 N–H and O–H groups in total. The van der Waals surface area contributed by atoms with Crippen molar-refractivity contribution >= 4 is 12.3 Å². The number of hydrogen-bond donors (Lipinski definition) is 0. The summed E-state index contributed by atoms with van der Waals surface area (Å²) in [7, 11) is 2.87. The maximum absolute atomic E-state index is 10.9. The Morgan fingerprint density at radius 1 is 1.33 bits per heavy atom. The van der Waals surface area contributed by atoms with Crippen LogP contribution in [0.1, 0.15) is 23.2 Å². The van der Waals surface area contributed by atoms with Crippen LogP contribution in [-0.4, -0.2) is 33.1 Å². The van der Waals surface area contributed by atoms with Crippen molar-refractivity contribution in [3.05, 3.63) is 23.8 Å². The number of carbonyl (C=O) groups excluding carboxylic acids is 2. The first-order valence-electron chi connectivity index (χ1n) is 5.54. The molecule has 0 amide bonds. The fourth-order valence-corrected chi connectivity index (χ4v) is 1.38. The van der Waals surface area contributed by atoms with E-state index in [4.69, 9.17) is 9.47 Å². The molecule has 5 nitrogen and oxygen atoms in total. The van der Waals surface area contributed by atoms with Crippen LogP contribution in [0.3, 0.4) is 0 Å². The van der Waals surface area contributed by atoms with Crippen molar-refractivity contribution in [3.63, 3.8) is 0 Å². The molecule has 0 aliphatic carbocycles. The van der Waals surface area contributed by atoms with Crippen LogP contribution in [0, 0.1) is 0 Å². The second-order valence-electron chi connectivity index (χ2n) is 3.55. The van der Waals surface area contributed by atoms with Crippen LogP contribution in [0.5, 0.6) is 11.5 Å². The molecule has 0 aliphatic heterocycles. The average Bonchev–Trinajstić information content (AvgIpc) is 2.43. The van der Waals surface area contributed by atoms with Crippen molar-refractivity contribution < 1.29 is 23.8 Å². The number of ether oxygens (including phenoxy) is 3. The zero-order valence-electron chi connectivity index (χ0n) is 10.5. The van der Waals surface area contributed by atoms with E-state index < -0.39 is 0 Å². The molecule has 1 rings (SSSR count). The van der Waals surface area contributed by atoms with Crippen molar-refractivity contribution in [2.45, 2.75) is 12.8 Å². The van der Waals surface area contributed by atoms with Gasteiger partial charge in [-0.2, -0.15) is 0 Å². The lowest BCUT2D eigenvalue weighted by Gasteiger charge is -2.09. The Balaban J connectivity index is 2.51. The minimum Gasteiger partial charge on any atom is -0.497 e. The summed E-state index contributed by atoms with van der Waals surface area (Å²) in [4.78, 5) is 21.8. The maximum atomic E-state index is 10.9. The molecule has 0 spiro atoms. The van der Waals surface area contributed by atoms with Crippen LogP contribution >= 0.6 is 0 Å². The molecule has 98 valence electrons. The average molecular weight is 252 g/mol. The minimum absolute atomic E-state index is 0.274. The van der Waals surface area contributed by atoms with Gasteiger partial charge >= 0.3 is 5.97 Å². The predicted molar refractivity (Wildman–Crippen MR) is 65.1 cm³/mol. The van der Waals surface area contributed by atoms with Gasteiger partial charge in [-0.1, -0.05) is 0 Å². The molecule has 0 radical (unpaired) electrons. The summed E-state index contributed by atoms with van der Waals surface area (Å²) >= 11 is 0. The molecule has 0 bridgehead atoms. The molecular weight excluding hydrogens is 236 g/mol. The number of methoxy groups -OCH3 is 2. The van der Waals surface area contributed by atoms with E-state index in [1.807, 2.05) is 0 Å². The normalized spacial score (nSPS) is 9.67. The summed E-state index contributed by atoms with van der Waals surface area (Å²) in [5.74, 6) is 0.804. The van der Waals surface area contributed by atoms with Crippen molar-refractivity contribution in [1.82, 2.24) is 0 Å². The summed E-state index contributed by atoms with van der Waals surface area (Å²) in [6, 6.07) is 4.98. The van der Waals surface area contributed by atoms with Gasteiger partial charge in [-0.15, -0.1) is 0 Å². The van der Waals surface area contributed by atoms with Crippen molar-refractivity contribution in [3.8, 4) is 11.5 Å². The van der Waals surface area contributed by atoms with E-state index in [-0.39, 0.29) is 5.97 Å². The molecule has 0 atom stereocenters. The monoisotopic (exact) mass is 252 g/mol. The summed E-state index contributed by atoms with van der Waals surface area (Å²) in [6.07, 6.45) is 1.54. The number of esters is 1. The van der Waals surface area contributed by atoms with Gasteiger partial charge in [0.15, 0.2) is 6.29 Å². The molecule has 0 unspecified atom stereocenters. The summed E-state index contributed by atoms with van der Waals surface area (Å²) in [6.45, 7) is 0.349. The van der Waals surface area contributed by atoms with Gasteiger partial charge in [0.05, 0.1) is 26.4 Å². The van der Waals surface area contributed by atoms with E-state index in [0.717, 1.165) is 0 Å². The van der Waals surface area contributed by atoms with Gasteiger partial charge in [-0.3, -0.25) is 9.59 Å². The SMILES string of the molecule is COC(=O)CCCOc1ccc(OC)cc1C=O. The molecule has 0 saturated heterocycles. The van der Waals surface area contributed by atoms with Gasteiger partial charge in [0.25, 0.3) is 0 Å². The summed E-state index contributed by atoms with van der Waals surface area (Å²) < 4.78 is 14.9. The Bertz CT molecular complexity index is 414. The summed E-state index contributed by atoms with van der Waals surface area (Å²) in [5, 5.41) is 0. The van der Waals surface area contributed by atoms with Crippen LogP contribution in [0.2, 0.25) is 0 Å². The lowest BCUT2D eigenvalue weighted by atomic mass is 10.2. The first-order valence-corrected chi connectivity index (χ1v) is 5.54. The molecule has 18 heavy (non-hydrogen) atoms. The van der Waals surface area contributed by atoms with Crippen molar-refractivity contribution in [1.29, 1.82) is 0 Å². The molecule has 0 aromatic heterocycles. The highest BCUT2D eigenvalue weighted by Gasteiger charge is 2.06. The van der Waals surface area contributed by atoms with Gasteiger partial charge in [-0.05, 0) is 24.6 Å². The van der Waals surface area contributed by atoms with E-state index >= 15 is 0 Å². The number of aldehydes is 1. The molecule has 0 saturated carbocycles. The van der Waals surface area contributed by atoms with Crippen molar-refractivity contribution in [2.24, 2.45) is 0 Å². The zero-order chi connectivity index (χ0) is 13.4. The third-order valence-corrected chi connectivity index (χ3v) is 2.35. The van der Waals surface area contributed by atoms with Crippen LogP contribution in [0.15, 0.2) is 18.2 Å². The van der Waals surface area contributed by atoms with E-state index in [1.165, 1.54) is 14.2 Å². The second-order valence-corrected chi connectivity index (χ2v) is 3.55. The van der Waals surface area contributed by atoms with Crippen molar-refractivity contribution in [2.75, 3.05) is 20.8 Å². The second kappa shape index (κ2) is 7.32. The molecule has 1 aromatic carbocycles. The molecule has 1 aromatic rings. The maximum Gasteiger partial charge on any atom is 0.305 e. The largest absolute Gasteiger partial charge is 0.497 e. The third kappa shape index (κ3) is 4.08. The molecule has 5 heteroatoms. The number of benzene rings is 1. The predicted octanol–water partition coefficient (Wildman–Crippen LogP) is 1.84. The Morgan fingerprint density at radius 3 is 2.72 bits per heavy atom. The number of carbonyl (C=O) groups is 2. The standard InChI is InChI=1S/C13H16O5/c1-16-11-5-6-12(10(8-11)9-14)18-7-3-4-13(15)17-2/h5-6,8-9H,3-4,7H2,1-2H3. The van der Waals surface area contributed by atoms with Gasteiger partial charge in [0.1, 0.15) is 11.5 Å². The smallest absolute Gasteiger partial charge is 0.305 e. The lowest BCUT2D eigenvalue weighted by Crippen LogP contribution is -2.05. The highest BCUT2D eigenvalue weighted by molar-refractivity contribution is 5.80. The highest BCUT2D eigenvalue weighted by Crippen LogP contribution is 2.22. The molecular formula is C13H16O5. The van der Waals surface area contributed by atoms with Gasteiger partial charge in [-0.25, -0.2) is 0 Å². The minimum atomic E-state index is -0.274. The van der Waals surface area contributed by atoms with Crippen LogP contribution in [0.4, 0.5) is 0 Å². The quantitative estimate of drug-likeness (QED) is 0.421. The number of rotatable bonds is 7. The Labute approximate surface area is 106 Å². The van der Waals surface area contributed by atoms with Gasteiger partial charge in [0, 0.05) is 6.42 Å². The Hall–Kier alpha value is -2.04. The topological polar surface area (TPSA) is 61.8 Å². The Morgan fingerprint density at radius 2 is 2.11 bits per heavy atom. The number of hydrogen-bond acceptors (Lipinski definition) is 5. The van der Waals surface area contributed by atoms with Crippen LogP contribution < -0.4 is 9.47 Å². The fraction of sp³-hybridized carbons (Fsp3) is 0.385. The third-order valence-electron chi connectivity index (χ3n) is 2.35. The van der Waals surface area contributed by atoms with E-state index in [9.17, 15) is 9.59 Å². The summed E-state index contributed by atoms with van der Waals surface area (Å²) in [5.41, 5.74) is 0.424.